The zero-order chi connectivity index (χ0) is 22.0. The summed E-state index contributed by atoms with van der Waals surface area (Å²) in [7, 11) is 0. The molecule has 12 heteroatoms. The van der Waals surface area contributed by atoms with Gasteiger partial charge in [0.2, 0.25) is 11.2 Å². The summed E-state index contributed by atoms with van der Waals surface area (Å²) in [5.74, 6) is -1.92. The van der Waals surface area contributed by atoms with E-state index < -0.39 is 48.0 Å². The van der Waals surface area contributed by atoms with Gasteiger partial charge >= 0.3 is 17.9 Å². The van der Waals surface area contributed by atoms with Gasteiger partial charge in [-0.2, -0.15) is 0 Å². The van der Waals surface area contributed by atoms with Crippen LogP contribution in [-0.2, 0) is 33.3 Å². The van der Waals surface area contributed by atoms with Crippen molar-refractivity contribution in [3.8, 4) is 0 Å². The minimum Gasteiger partial charge on any atom is -0.463 e. The highest BCUT2D eigenvalue weighted by molar-refractivity contribution is 5.90. The molecule has 3 heterocycles. The fourth-order valence-corrected chi connectivity index (χ4v) is 3.27. The highest BCUT2D eigenvalue weighted by Crippen LogP contribution is 2.38. The minimum absolute atomic E-state index is 0.0111. The van der Waals surface area contributed by atoms with Crippen molar-refractivity contribution in [2.24, 2.45) is 0 Å². The van der Waals surface area contributed by atoms with Crippen LogP contribution in [0.4, 0.5) is 5.69 Å². The molecule has 0 amide bonds. The average Bonchev–Trinajstić information content (AvgIpc) is 3.19. The van der Waals surface area contributed by atoms with Crippen LogP contribution in [0, 0.1) is 6.57 Å². The molecule has 0 aromatic carbocycles. The van der Waals surface area contributed by atoms with Crippen LogP contribution in [0.1, 0.15) is 27.0 Å². The second-order valence-corrected chi connectivity index (χ2v) is 6.48. The molecule has 12 nitrogen and oxygen atoms in total. The topological polar surface area (TPSA) is 143 Å². The van der Waals surface area contributed by atoms with Crippen LogP contribution in [0.25, 0.3) is 15.9 Å². The van der Waals surface area contributed by atoms with Gasteiger partial charge in [0.25, 0.3) is 0 Å². The van der Waals surface area contributed by atoms with E-state index in [0.29, 0.717) is 0 Å². The molecule has 2 unspecified atom stereocenters. The molecule has 1 fully saturated rings. The molecule has 2 aromatic heterocycles. The monoisotopic (exact) mass is 418 g/mol. The van der Waals surface area contributed by atoms with Crippen molar-refractivity contribution in [2.45, 2.75) is 45.3 Å². The van der Waals surface area contributed by atoms with Crippen LogP contribution in [-0.4, -0.2) is 57.4 Å². The molecule has 3 rings (SSSR count). The lowest BCUT2D eigenvalue weighted by Crippen LogP contribution is -2.40. The third-order valence-corrected chi connectivity index (χ3v) is 4.33. The second-order valence-electron chi connectivity index (χ2n) is 6.48. The first-order valence-corrected chi connectivity index (χ1v) is 8.81. The van der Waals surface area contributed by atoms with Crippen molar-refractivity contribution in [2.75, 3.05) is 6.61 Å². The molecule has 2 aromatic rings. The van der Waals surface area contributed by atoms with Gasteiger partial charge in [-0.1, -0.05) is 0 Å². The van der Waals surface area contributed by atoms with Crippen molar-refractivity contribution in [3.63, 3.8) is 0 Å². The van der Waals surface area contributed by atoms with Gasteiger partial charge in [0, 0.05) is 27.0 Å². The Hall–Kier alpha value is -3.72. The molecule has 158 valence electrons. The number of fused-ring (bicyclic) bond motifs is 1. The van der Waals surface area contributed by atoms with E-state index in [1.165, 1.54) is 31.5 Å². The lowest BCUT2D eigenvalue weighted by molar-refractivity contribution is -0.166. The molecule has 0 spiro atoms. The van der Waals surface area contributed by atoms with Gasteiger partial charge in [0.15, 0.2) is 18.4 Å². The van der Waals surface area contributed by atoms with Gasteiger partial charge in [-0.3, -0.25) is 19.2 Å². The van der Waals surface area contributed by atoms with Gasteiger partial charge in [-0.25, -0.2) is 9.83 Å². The van der Waals surface area contributed by atoms with E-state index in [2.05, 4.69) is 14.8 Å². The van der Waals surface area contributed by atoms with Crippen LogP contribution < -0.4 is 5.56 Å². The predicted molar refractivity (Wildman–Crippen MR) is 98.3 cm³/mol. The minimum atomic E-state index is -1.15. The Morgan fingerprint density at radius 2 is 1.87 bits per heavy atom. The van der Waals surface area contributed by atoms with E-state index in [9.17, 15) is 19.2 Å². The molecule has 0 bridgehead atoms. The first-order chi connectivity index (χ1) is 14.2. The smallest absolute Gasteiger partial charge is 0.303 e. The molecule has 1 N–H and O–H groups in total. The number of aromatic nitrogens is 3. The number of hydrogen-bond acceptors (Lipinski definition) is 9. The van der Waals surface area contributed by atoms with Crippen molar-refractivity contribution in [1.29, 1.82) is 0 Å². The van der Waals surface area contributed by atoms with E-state index in [-0.39, 0.29) is 23.3 Å². The lowest BCUT2D eigenvalue weighted by Gasteiger charge is -2.24. The quantitative estimate of drug-likeness (QED) is 0.419. The number of aromatic amines is 1. The summed E-state index contributed by atoms with van der Waals surface area (Å²) in [5.41, 5.74) is -0.404. The summed E-state index contributed by atoms with van der Waals surface area (Å²) in [6, 6.07) is 0. The fourth-order valence-electron chi connectivity index (χ4n) is 3.27. The average molecular weight is 418 g/mol. The van der Waals surface area contributed by atoms with E-state index in [0.717, 1.165) is 6.33 Å². The summed E-state index contributed by atoms with van der Waals surface area (Å²) >= 11 is 0. The van der Waals surface area contributed by atoms with Gasteiger partial charge < -0.3 is 28.5 Å². The highest BCUT2D eigenvalue weighted by Gasteiger charge is 2.51. The Morgan fingerprint density at radius 1 is 1.20 bits per heavy atom. The SMILES string of the molecule is [C-]#[N+]c1cn([C@@H]2OC(COC(C)=O)C(OC(C)=O)[C@H]2OC(C)=O)c2nc[nH]c(=O)c12. The Kier molecular flexibility index (Phi) is 5.84. The van der Waals surface area contributed by atoms with E-state index >= 15 is 0 Å². The number of ether oxygens (including phenoxy) is 4. The van der Waals surface area contributed by atoms with Crippen LogP contribution >= 0.6 is 0 Å². The summed E-state index contributed by atoms with van der Waals surface area (Å²) < 4.78 is 22.9. The molecular weight excluding hydrogens is 400 g/mol. The normalized spacial score (nSPS) is 23.0. The number of H-pyrrole nitrogens is 1. The maximum atomic E-state index is 12.2. The highest BCUT2D eigenvalue weighted by atomic mass is 16.7. The van der Waals surface area contributed by atoms with Crippen molar-refractivity contribution in [3.05, 3.63) is 34.3 Å². The predicted octanol–water partition coefficient (Wildman–Crippen LogP) is 0.599. The molecule has 4 atom stereocenters. The van der Waals surface area contributed by atoms with Crippen molar-refractivity contribution >= 4 is 34.6 Å². The third kappa shape index (κ3) is 4.01. The molecule has 1 aliphatic heterocycles. The van der Waals surface area contributed by atoms with E-state index in [1.54, 1.807) is 0 Å². The summed E-state index contributed by atoms with van der Waals surface area (Å²) in [5, 5.41) is 0.0325. The van der Waals surface area contributed by atoms with Crippen LogP contribution in [0.5, 0.6) is 0 Å². The number of rotatable bonds is 5. The van der Waals surface area contributed by atoms with Crippen molar-refractivity contribution in [1.82, 2.24) is 14.5 Å². The van der Waals surface area contributed by atoms with Gasteiger partial charge in [-0.15, -0.1) is 0 Å². The number of nitrogens with zero attached hydrogens (tertiary/aromatic N) is 3. The molecule has 1 saturated heterocycles. The van der Waals surface area contributed by atoms with Gasteiger partial charge in [0.1, 0.15) is 18.4 Å². The molecule has 1 aliphatic rings. The summed E-state index contributed by atoms with van der Waals surface area (Å²) in [6.07, 6.45) is -1.84. The molecular formula is C18H18N4O8. The fraction of sp³-hybridized carbons (Fsp3) is 0.444. The maximum Gasteiger partial charge on any atom is 0.303 e. The largest absolute Gasteiger partial charge is 0.463 e. The third-order valence-electron chi connectivity index (χ3n) is 4.33. The van der Waals surface area contributed by atoms with Gasteiger partial charge in [0.05, 0.1) is 18.3 Å². The van der Waals surface area contributed by atoms with Crippen LogP contribution in [0.2, 0.25) is 0 Å². The summed E-state index contributed by atoms with van der Waals surface area (Å²) in [4.78, 5) is 56.6. The molecule has 30 heavy (non-hydrogen) atoms. The maximum absolute atomic E-state index is 12.2. The zero-order valence-electron chi connectivity index (χ0n) is 16.3. The zero-order valence-corrected chi connectivity index (χ0v) is 16.3. The molecule has 0 saturated carbocycles. The Balaban J connectivity index is 2.11. The second kappa shape index (κ2) is 8.34. The molecule has 0 aliphatic carbocycles. The number of esters is 3. The Bertz CT molecular complexity index is 1100. The van der Waals surface area contributed by atoms with Crippen LogP contribution in [0.3, 0.4) is 0 Å². The molecule has 0 radical (unpaired) electrons. The van der Waals surface area contributed by atoms with Crippen molar-refractivity contribution < 1.29 is 33.3 Å². The number of nitrogens with one attached hydrogen (secondary N) is 1. The lowest BCUT2D eigenvalue weighted by atomic mass is 10.1. The van der Waals surface area contributed by atoms with E-state index in [1.807, 2.05) is 0 Å². The Labute approximate surface area is 169 Å². The standard InChI is InChI=1S/C18H18N4O8/c1-8(23)27-6-12-14(28-9(2)24)15(29-10(3)25)18(30-12)22-5-11(19-4)13-16(22)20-7-21-17(13)26/h5,7,12,14-15,18H,6H2,1-3H3,(H,20,21,26)/t12?,14?,15-,18-/m1/s1. The van der Waals surface area contributed by atoms with Crippen LogP contribution in [0.15, 0.2) is 17.3 Å². The first-order valence-electron chi connectivity index (χ1n) is 8.81. The number of carbonyl (C=O) groups excluding carboxylic acids is 3. The van der Waals surface area contributed by atoms with E-state index in [4.69, 9.17) is 25.5 Å². The number of carbonyl (C=O) groups is 3. The summed E-state index contributed by atoms with van der Waals surface area (Å²) in [6.45, 7) is 10.6. The first kappa shape index (κ1) is 21.0. The van der Waals surface area contributed by atoms with Gasteiger partial charge in [-0.05, 0) is 0 Å². The number of hydrogen-bond donors (Lipinski definition) is 1. The Morgan fingerprint density at radius 3 is 2.47 bits per heavy atom.